The van der Waals surface area contributed by atoms with Gasteiger partial charge in [-0.3, -0.25) is 4.79 Å². The number of nitrogens with zero attached hydrogens (tertiary/aromatic N) is 1. The lowest BCUT2D eigenvalue weighted by Crippen LogP contribution is -2.24. The van der Waals surface area contributed by atoms with E-state index in [1.807, 2.05) is 13.8 Å². The number of nitrogens with one attached hydrogen (secondary N) is 1. The van der Waals surface area contributed by atoms with Crippen molar-refractivity contribution in [3.05, 3.63) is 53.7 Å². The molecule has 0 aliphatic carbocycles. The van der Waals surface area contributed by atoms with E-state index in [0.29, 0.717) is 18.0 Å². The highest BCUT2D eigenvalue weighted by Gasteiger charge is 2.30. The van der Waals surface area contributed by atoms with Crippen LogP contribution in [0.25, 0.3) is 0 Å². The molecule has 5 nitrogen and oxygen atoms in total. The lowest BCUT2D eigenvalue weighted by atomic mass is 10.1. The molecule has 0 spiro atoms. The molecule has 0 atom stereocenters. The van der Waals surface area contributed by atoms with Crippen molar-refractivity contribution >= 4 is 5.91 Å². The monoisotopic (exact) mass is 368 g/mol. The number of ether oxygens (including phenoxy) is 2. The molecule has 0 saturated heterocycles. The van der Waals surface area contributed by atoms with E-state index in [-0.39, 0.29) is 24.2 Å². The Morgan fingerprint density at radius 3 is 2.31 bits per heavy atom. The molecule has 0 aliphatic rings. The number of pyridine rings is 1. The summed E-state index contributed by atoms with van der Waals surface area (Å²) in [6, 6.07) is 8.70. The minimum absolute atomic E-state index is 0.0287. The normalized spacial score (nSPS) is 11.3. The summed E-state index contributed by atoms with van der Waals surface area (Å²) in [7, 11) is 0. The fourth-order valence-corrected chi connectivity index (χ4v) is 2.08. The molecular weight excluding hydrogens is 349 g/mol. The van der Waals surface area contributed by atoms with Crippen LogP contribution in [0.4, 0.5) is 13.2 Å². The molecule has 2 rings (SSSR count). The number of rotatable bonds is 7. The number of hydrogen-bond acceptors (Lipinski definition) is 4. The van der Waals surface area contributed by atoms with Gasteiger partial charge in [0.2, 0.25) is 11.8 Å². The molecule has 0 aliphatic heterocycles. The number of carbonyl (C=O) groups is 1. The van der Waals surface area contributed by atoms with Gasteiger partial charge >= 0.3 is 6.36 Å². The summed E-state index contributed by atoms with van der Waals surface area (Å²) >= 11 is 0. The van der Waals surface area contributed by atoms with Crippen LogP contribution >= 0.6 is 0 Å². The van der Waals surface area contributed by atoms with Crippen LogP contribution in [0.3, 0.4) is 0 Å². The molecule has 26 heavy (non-hydrogen) atoms. The lowest BCUT2D eigenvalue weighted by molar-refractivity contribution is -0.274. The van der Waals surface area contributed by atoms with E-state index in [9.17, 15) is 18.0 Å². The fourth-order valence-electron chi connectivity index (χ4n) is 2.08. The van der Waals surface area contributed by atoms with Crippen LogP contribution in [-0.2, 0) is 17.8 Å². The van der Waals surface area contributed by atoms with Crippen LogP contribution in [0.15, 0.2) is 42.6 Å². The second-order valence-corrected chi connectivity index (χ2v) is 5.82. The molecule has 0 unspecified atom stereocenters. The van der Waals surface area contributed by atoms with Crippen molar-refractivity contribution in [3.8, 4) is 11.6 Å². The van der Waals surface area contributed by atoms with Crippen molar-refractivity contribution in [2.24, 2.45) is 0 Å². The van der Waals surface area contributed by atoms with Crippen molar-refractivity contribution in [2.75, 3.05) is 0 Å². The van der Waals surface area contributed by atoms with Gasteiger partial charge < -0.3 is 14.8 Å². The predicted molar refractivity (Wildman–Crippen MR) is 88.7 cm³/mol. The molecule has 1 aromatic carbocycles. The smallest absolute Gasteiger partial charge is 0.475 e. The summed E-state index contributed by atoms with van der Waals surface area (Å²) in [6.07, 6.45) is -3.04. The van der Waals surface area contributed by atoms with Gasteiger partial charge in [-0.25, -0.2) is 4.98 Å². The van der Waals surface area contributed by atoms with E-state index in [1.165, 1.54) is 24.3 Å². The molecule has 0 radical (unpaired) electrons. The highest BCUT2D eigenvalue weighted by molar-refractivity contribution is 5.78. The van der Waals surface area contributed by atoms with Gasteiger partial charge in [-0.2, -0.15) is 0 Å². The third-order valence-corrected chi connectivity index (χ3v) is 3.17. The van der Waals surface area contributed by atoms with Crippen molar-refractivity contribution in [2.45, 2.75) is 39.3 Å². The van der Waals surface area contributed by atoms with Gasteiger partial charge in [0, 0.05) is 18.8 Å². The van der Waals surface area contributed by atoms with E-state index in [1.54, 1.807) is 18.3 Å². The zero-order valence-electron chi connectivity index (χ0n) is 14.3. The molecular formula is C18H19F3N2O3. The van der Waals surface area contributed by atoms with Crippen molar-refractivity contribution < 1.29 is 27.4 Å². The van der Waals surface area contributed by atoms with Gasteiger partial charge in [-0.1, -0.05) is 18.2 Å². The summed E-state index contributed by atoms with van der Waals surface area (Å²) < 4.78 is 45.5. The molecule has 1 heterocycles. The number of carbonyl (C=O) groups excluding carboxylic acids is 1. The molecule has 0 fully saturated rings. The van der Waals surface area contributed by atoms with Gasteiger partial charge in [0.05, 0.1) is 12.5 Å². The number of benzene rings is 1. The molecule has 1 amide bonds. The lowest BCUT2D eigenvalue weighted by Gasteiger charge is -2.10. The molecule has 1 N–H and O–H groups in total. The van der Waals surface area contributed by atoms with Crippen LogP contribution in [0.2, 0.25) is 0 Å². The first-order valence-electron chi connectivity index (χ1n) is 7.94. The van der Waals surface area contributed by atoms with Crippen LogP contribution in [0, 0.1) is 0 Å². The van der Waals surface area contributed by atoms with E-state index in [4.69, 9.17) is 4.74 Å². The van der Waals surface area contributed by atoms with E-state index < -0.39 is 6.36 Å². The fraction of sp³-hybridized carbons (Fsp3) is 0.333. The first-order valence-corrected chi connectivity index (χ1v) is 7.94. The second-order valence-electron chi connectivity index (χ2n) is 5.82. The second kappa shape index (κ2) is 8.55. The van der Waals surface area contributed by atoms with Crippen molar-refractivity contribution in [1.29, 1.82) is 0 Å². The van der Waals surface area contributed by atoms with Crippen molar-refractivity contribution in [3.63, 3.8) is 0 Å². The average Bonchev–Trinajstić information content (AvgIpc) is 2.54. The summed E-state index contributed by atoms with van der Waals surface area (Å²) in [5, 5.41) is 2.73. The van der Waals surface area contributed by atoms with Gasteiger partial charge in [0.15, 0.2) is 0 Å². The van der Waals surface area contributed by atoms with E-state index in [2.05, 4.69) is 15.0 Å². The number of alkyl halides is 3. The maximum atomic E-state index is 12.1. The third kappa shape index (κ3) is 7.00. The third-order valence-electron chi connectivity index (χ3n) is 3.17. The number of amides is 1. The summed E-state index contributed by atoms with van der Waals surface area (Å²) in [4.78, 5) is 16.1. The highest BCUT2D eigenvalue weighted by Crippen LogP contribution is 2.22. The van der Waals surface area contributed by atoms with Crippen LogP contribution < -0.4 is 14.8 Å². The van der Waals surface area contributed by atoms with Gasteiger partial charge in [-0.15, -0.1) is 13.2 Å². The zero-order valence-corrected chi connectivity index (χ0v) is 14.3. The summed E-state index contributed by atoms with van der Waals surface area (Å²) in [6.45, 7) is 4.10. The average molecular weight is 368 g/mol. The Balaban J connectivity index is 1.81. The molecule has 0 saturated carbocycles. The van der Waals surface area contributed by atoms with Crippen LogP contribution in [0.1, 0.15) is 25.0 Å². The van der Waals surface area contributed by atoms with Crippen LogP contribution in [0.5, 0.6) is 11.6 Å². The molecule has 140 valence electrons. The maximum absolute atomic E-state index is 12.1. The zero-order chi connectivity index (χ0) is 19.2. The Bertz CT molecular complexity index is 714. The Kier molecular flexibility index (Phi) is 6.43. The number of aromatic nitrogens is 1. The van der Waals surface area contributed by atoms with Crippen LogP contribution in [-0.4, -0.2) is 23.4 Å². The quantitative estimate of drug-likeness (QED) is 0.811. The number of hydrogen-bond donors (Lipinski definition) is 1. The first-order chi connectivity index (χ1) is 12.2. The van der Waals surface area contributed by atoms with E-state index >= 15 is 0 Å². The first kappa shape index (κ1) is 19.6. The Labute approximate surface area is 149 Å². The van der Waals surface area contributed by atoms with Gasteiger partial charge in [-0.05, 0) is 37.1 Å². The molecule has 2 aromatic rings. The Hall–Kier alpha value is -2.77. The van der Waals surface area contributed by atoms with Gasteiger partial charge in [0.25, 0.3) is 0 Å². The predicted octanol–water partition coefficient (Wildman–Crippen LogP) is 3.63. The Morgan fingerprint density at radius 2 is 1.77 bits per heavy atom. The number of halogens is 3. The molecule has 0 bridgehead atoms. The topological polar surface area (TPSA) is 60.5 Å². The molecule has 1 aromatic heterocycles. The largest absolute Gasteiger partial charge is 0.573 e. The SMILES string of the molecule is CC(C)Oc1ccc(CNC(=O)Cc2ccc(OC(F)(F)F)cc2)cn1. The standard InChI is InChI=1S/C18H19F3N2O3/c1-12(2)25-17-8-5-14(11-23-17)10-22-16(24)9-13-3-6-15(7-4-13)26-18(19,20)21/h3-8,11-12H,9-10H2,1-2H3,(H,22,24). The summed E-state index contributed by atoms with van der Waals surface area (Å²) in [5.41, 5.74) is 1.39. The minimum Gasteiger partial charge on any atom is -0.475 e. The van der Waals surface area contributed by atoms with Gasteiger partial charge in [0.1, 0.15) is 5.75 Å². The maximum Gasteiger partial charge on any atom is 0.573 e. The van der Waals surface area contributed by atoms with Crippen molar-refractivity contribution in [1.82, 2.24) is 10.3 Å². The minimum atomic E-state index is -4.73. The Morgan fingerprint density at radius 1 is 1.12 bits per heavy atom. The highest BCUT2D eigenvalue weighted by atomic mass is 19.4. The summed E-state index contributed by atoms with van der Waals surface area (Å²) in [5.74, 6) is -0.0651. The van der Waals surface area contributed by atoms with E-state index in [0.717, 1.165) is 5.56 Å². The molecule has 8 heteroatoms.